The van der Waals surface area contributed by atoms with Crippen LogP contribution in [0.25, 0.3) is 0 Å². The summed E-state index contributed by atoms with van der Waals surface area (Å²) < 4.78 is 5.39. The van der Waals surface area contributed by atoms with Gasteiger partial charge in [0.15, 0.2) is 5.89 Å². The van der Waals surface area contributed by atoms with E-state index in [9.17, 15) is 0 Å². The molecule has 0 saturated heterocycles. The molecule has 1 saturated carbocycles. The van der Waals surface area contributed by atoms with E-state index in [1.54, 1.807) is 6.20 Å². The lowest BCUT2D eigenvalue weighted by molar-refractivity contribution is 0.327. The molecular formula is C9H10N2O. The molecule has 0 atom stereocenters. The SMILES string of the molecule is N#CCc1cnc(C2CCC2)o1. The Morgan fingerprint density at radius 3 is 3.08 bits per heavy atom. The van der Waals surface area contributed by atoms with Gasteiger partial charge in [-0.15, -0.1) is 0 Å². The summed E-state index contributed by atoms with van der Waals surface area (Å²) in [5, 5.41) is 8.40. The average molecular weight is 162 g/mol. The molecule has 1 aromatic rings. The summed E-state index contributed by atoms with van der Waals surface area (Å²) in [6, 6.07) is 2.04. The first kappa shape index (κ1) is 7.35. The Labute approximate surface area is 71.0 Å². The second-order valence-electron chi connectivity index (χ2n) is 3.13. The largest absolute Gasteiger partial charge is 0.444 e. The molecule has 1 aromatic heterocycles. The van der Waals surface area contributed by atoms with E-state index in [0.29, 0.717) is 18.1 Å². The van der Waals surface area contributed by atoms with Gasteiger partial charge in [-0.3, -0.25) is 0 Å². The van der Waals surface area contributed by atoms with Crippen molar-refractivity contribution in [2.24, 2.45) is 0 Å². The molecule has 0 unspecified atom stereocenters. The van der Waals surface area contributed by atoms with E-state index in [1.165, 1.54) is 19.3 Å². The maximum absolute atomic E-state index is 8.40. The summed E-state index contributed by atoms with van der Waals surface area (Å²) in [5.41, 5.74) is 0. The molecule has 1 fully saturated rings. The molecular weight excluding hydrogens is 152 g/mol. The zero-order valence-corrected chi connectivity index (χ0v) is 6.79. The molecule has 0 spiro atoms. The molecule has 0 aromatic carbocycles. The summed E-state index contributed by atoms with van der Waals surface area (Å²) in [6.07, 6.45) is 5.65. The Kier molecular flexibility index (Phi) is 1.83. The van der Waals surface area contributed by atoms with Crippen molar-refractivity contribution >= 4 is 0 Å². The Morgan fingerprint density at radius 1 is 1.67 bits per heavy atom. The third kappa shape index (κ3) is 1.20. The molecule has 1 heterocycles. The number of oxazole rings is 1. The van der Waals surface area contributed by atoms with E-state index in [2.05, 4.69) is 4.98 Å². The van der Waals surface area contributed by atoms with Crippen LogP contribution in [0.1, 0.15) is 36.8 Å². The predicted octanol–water partition coefficient (Wildman–Crippen LogP) is 2.01. The molecule has 0 radical (unpaired) electrons. The molecule has 1 aliphatic carbocycles. The molecule has 12 heavy (non-hydrogen) atoms. The molecule has 0 aliphatic heterocycles. The van der Waals surface area contributed by atoms with Crippen molar-refractivity contribution in [2.75, 3.05) is 0 Å². The van der Waals surface area contributed by atoms with Crippen LogP contribution in [-0.2, 0) is 6.42 Å². The number of nitrogens with zero attached hydrogens (tertiary/aromatic N) is 2. The van der Waals surface area contributed by atoms with E-state index < -0.39 is 0 Å². The van der Waals surface area contributed by atoms with Crippen LogP contribution in [0.5, 0.6) is 0 Å². The normalized spacial score (nSPS) is 16.9. The van der Waals surface area contributed by atoms with E-state index in [4.69, 9.17) is 9.68 Å². The van der Waals surface area contributed by atoms with Crippen LogP contribution < -0.4 is 0 Å². The van der Waals surface area contributed by atoms with Crippen molar-refractivity contribution in [1.29, 1.82) is 5.26 Å². The topological polar surface area (TPSA) is 49.8 Å². The molecule has 62 valence electrons. The van der Waals surface area contributed by atoms with Gasteiger partial charge in [-0.25, -0.2) is 4.98 Å². The van der Waals surface area contributed by atoms with Crippen LogP contribution in [0.15, 0.2) is 10.6 Å². The first-order chi connectivity index (χ1) is 5.90. The van der Waals surface area contributed by atoms with Crippen molar-refractivity contribution in [1.82, 2.24) is 4.98 Å². The van der Waals surface area contributed by atoms with Crippen LogP contribution in [0.4, 0.5) is 0 Å². The lowest BCUT2D eigenvalue weighted by Gasteiger charge is -2.21. The second-order valence-corrected chi connectivity index (χ2v) is 3.13. The van der Waals surface area contributed by atoms with Crippen LogP contribution in [0, 0.1) is 11.3 Å². The Hall–Kier alpha value is -1.30. The average Bonchev–Trinajstić information content (AvgIpc) is 2.34. The van der Waals surface area contributed by atoms with Gasteiger partial charge in [0.05, 0.1) is 18.7 Å². The van der Waals surface area contributed by atoms with Crippen LogP contribution in [0.2, 0.25) is 0 Å². The van der Waals surface area contributed by atoms with Crippen molar-refractivity contribution in [3.8, 4) is 6.07 Å². The predicted molar refractivity (Wildman–Crippen MR) is 42.4 cm³/mol. The minimum absolute atomic E-state index is 0.333. The standard InChI is InChI=1S/C9H10N2O/c10-5-4-8-6-11-9(12-8)7-2-1-3-7/h6-7H,1-4H2. The molecule has 1 aliphatic rings. The Balaban J connectivity index is 2.08. The lowest BCUT2D eigenvalue weighted by atomic mass is 9.85. The van der Waals surface area contributed by atoms with Gasteiger partial charge in [-0.05, 0) is 12.8 Å². The third-order valence-corrected chi connectivity index (χ3v) is 2.28. The molecule has 2 rings (SSSR count). The zero-order chi connectivity index (χ0) is 8.39. The fraction of sp³-hybridized carbons (Fsp3) is 0.556. The van der Waals surface area contributed by atoms with Gasteiger partial charge >= 0.3 is 0 Å². The first-order valence-electron chi connectivity index (χ1n) is 4.21. The molecule has 3 heteroatoms. The highest BCUT2D eigenvalue weighted by molar-refractivity contribution is 5.05. The highest BCUT2D eigenvalue weighted by Crippen LogP contribution is 2.35. The number of hydrogen-bond acceptors (Lipinski definition) is 3. The van der Waals surface area contributed by atoms with Gasteiger partial charge < -0.3 is 4.42 Å². The van der Waals surface area contributed by atoms with Crippen LogP contribution >= 0.6 is 0 Å². The number of aromatic nitrogens is 1. The second kappa shape index (κ2) is 2.98. The maximum atomic E-state index is 8.40. The van der Waals surface area contributed by atoms with Gasteiger partial charge in [0, 0.05) is 5.92 Å². The quantitative estimate of drug-likeness (QED) is 0.668. The van der Waals surface area contributed by atoms with Crippen LogP contribution in [-0.4, -0.2) is 4.98 Å². The fourth-order valence-corrected chi connectivity index (χ4v) is 1.33. The van der Waals surface area contributed by atoms with E-state index in [0.717, 1.165) is 5.89 Å². The monoisotopic (exact) mass is 162 g/mol. The highest BCUT2D eigenvalue weighted by atomic mass is 16.4. The van der Waals surface area contributed by atoms with Crippen molar-refractivity contribution in [2.45, 2.75) is 31.6 Å². The zero-order valence-electron chi connectivity index (χ0n) is 6.79. The minimum Gasteiger partial charge on any atom is -0.444 e. The van der Waals surface area contributed by atoms with Crippen molar-refractivity contribution < 1.29 is 4.42 Å². The summed E-state index contributed by atoms with van der Waals surface area (Å²) in [5.74, 6) is 2.04. The summed E-state index contributed by atoms with van der Waals surface area (Å²) in [4.78, 5) is 4.14. The summed E-state index contributed by atoms with van der Waals surface area (Å²) >= 11 is 0. The van der Waals surface area contributed by atoms with Gasteiger partial charge in [-0.2, -0.15) is 5.26 Å². The molecule has 0 N–H and O–H groups in total. The summed E-state index contributed by atoms with van der Waals surface area (Å²) in [6.45, 7) is 0. The molecule has 0 bridgehead atoms. The van der Waals surface area contributed by atoms with Gasteiger partial charge in [0.2, 0.25) is 0 Å². The molecule has 3 nitrogen and oxygen atoms in total. The minimum atomic E-state index is 0.333. The van der Waals surface area contributed by atoms with E-state index in [-0.39, 0.29) is 0 Å². The van der Waals surface area contributed by atoms with E-state index in [1.807, 2.05) is 6.07 Å². The number of hydrogen-bond donors (Lipinski definition) is 0. The van der Waals surface area contributed by atoms with Gasteiger partial charge in [-0.1, -0.05) is 6.42 Å². The summed E-state index contributed by atoms with van der Waals surface area (Å²) in [7, 11) is 0. The van der Waals surface area contributed by atoms with Crippen LogP contribution in [0.3, 0.4) is 0 Å². The Morgan fingerprint density at radius 2 is 2.50 bits per heavy atom. The number of rotatable bonds is 2. The Bertz CT molecular complexity index is 307. The lowest BCUT2D eigenvalue weighted by Crippen LogP contribution is -2.08. The van der Waals surface area contributed by atoms with Gasteiger partial charge in [0.25, 0.3) is 0 Å². The molecule has 0 amide bonds. The van der Waals surface area contributed by atoms with Crippen molar-refractivity contribution in [3.05, 3.63) is 17.8 Å². The highest BCUT2D eigenvalue weighted by Gasteiger charge is 2.23. The van der Waals surface area contributed by atoms with Gasteiger partial charge in [0.1, 0.15) is 5.76 Å². The smallest absolute Gasteiger partial charge is 0.197 e. The third-order valence-electron chi connectivity index (χ3n) is 2.28. The fourth-order valence-electron chi connectivity index (χ4n) is 1.33. The first-order valence-corrected chi connectivity index (χ1v) is 4.21. The van der Waals surface area contributed by atoms with E-state index >= 15 is 0 Å². The maximum Gasteiger partial charge on any atom is 0.197 e. The number of nitriles is 1. The van der Waals surface area contributed by atoms with Crippen molar-refractivity contribution in [3.63, 3.8) is 0 Å².